The number of benzene rings is 1. The van der Waals surface area contributed by atoms with Crippen molar-refractivity contribution >= 4 is 26.9 Å². The maximum absolute atomic E-state index is 13.0. The van der Waals surface area contributed by atoms with Gasteiger partial charge in [-0.1, -0.05) is 36.4 Å². The van der Waals surface area contributed by atoms with Crippen LogP contribution in [-0.2, 0) is 14.7 Å². The number of anilines is 1. The highest BCUT2D eigenvalue weighted by Gasteiger charge is 2.34. The molecule has 1 aromatic heterocycles. The Hall–Kier alpha value is -2.98. The number of allylic oxidation sites excluding steroid dienone is 1. The van der Waals surface area contributed by atoms with E-state index in [4.69, 9.17) is 0 Å². The summed E-state index contributed by atoms with van der Waals surface area (Å²) < 4.78 is 0. The van der Waals surface area contributed by atoms with Gasteiger partial charge in [-0.15, -0.1) is 15.8 Å². The molecular weight excluding hydrogens is 373 g/mol. The number of H-pyrrole nitrogens is 1. The van der Waals surface area contributed by atoms with Gasteiger partial charge in [0.2, 0.25) is 0 Å². The molecule has 0 bridgehead atoms. The molecule has 28 heavy (non-hydrogen) atoms. The van der Waals surface area contributed by atoms with E-state index in [1.165, 1.54) is 6.07 Å². The van der Waals surface area contributed by atoms with Crippen molar-refractivity contribution in [3.05, 3.63) is 76.0 Å². The summed E-state index contributed by atoms with van der Waals surface area (Å²) in [4.78, 5) is 40.8. The Morgan fingerprint density at radius 3 is 2.21 bits per heavy atom. The number of imide groups is 1. The largest absolute Gasteiger partial charge is 0.340 e. The molecule has 2 amide bonds. The predicted molar refractivity (Wildman–Crippen MR) is 114 cm³/mol. The van der Waals surface area contributed by atoms with Crippen molar-refractivity contribution in [1.29, 1.82) is 0 Å². The first-order valence-corrected chi connectivity index (χ1v) is 9.33. The maximum atomic E-state index is 13.0. The van der Waals surface area contributed by atoms with E-state index in [1.807, 2.05) is 37.3 Å². The summed E-state index contributed by atoms with van der Waals surface area (Å²) in [7, 11) is 2.64. The Morgan fingerprint density at radius 2 is 1.68 bits per heavy atom. The highest BCUT2D eigenvalue weighted by atomic mass is 31.0. The molecule has 144 valence electrons. The number of pyridine rings is 1. The van der Waals surface area contributed by atoms with Gasteiger partial charge < -0.3 is 4.98 Å². The Morgan fingerprint density at radius 1 is 1.11 bits per heavy atom. The third kappa shape index (κ3) is 3.32. The minimum absolute atomic E-state index is 0.238. The summed E-state index contributed by atoms with van der Waals surface area (Å²) in [6.45, 7) is 8.91. The van der Waals surface area contributed by atoms with Gasteiger partial charge in [-0.3, -0.25) is 19.8 Å². The number of hydrogen-bond acceptors (Lipinski definition) is 4. The second kappa shape index (κ2) is 7.21. The van der Waals surface area contributed by atoms with Gasteiger partial charge >= 0.3 is 0 Å². The van der Waals surface area contributed by atoms with Crippen LogP contribution in [0.2, 0.25) is 0 Å². The number of hydrogen-bond donors (Lipinski definition) is 2. The number of aromatic nitrogens is 1. The van der Waals surface area contributed by atoms with Gasteiger partial charge in [-0.25, -0.2) is 0 Å². The number of rotatable bonds is 5. The van der Waals surface area contributed by atoms with Gasteiger partial charge in [-0.05, 0) is 26.3 Å². The third-order valence-corrected chi connectivity index (χ3v) is 5.42. The van der Waals surface area contributed by atoms with E-state index in [9.17, 15) is 14.4 Å². The number of aromatic amines is 1. The predicted octanol–water partition coefficient (Wildman–Crippen LogP) is 3.35. The minimum Gasteiger partial charge on any atom is -0.340 e. The van der Waals surface area contributed by atoms with Gasteiger partial charge in [-0.2, -0.15) is 5.01 Å². The first-order valence-electron chi connectivity index (χ1n) is 8.76. The topological polar surface area (TPSA) is 82.3 Å². The van der Waals surface area contributed by atoms with Crippen molar-refractivity contribution in [1.82, 2.24) is 9.99 Å². The number of nitrogens with one attached hydrogen (secondary N) is 2. The first-order chi connectivity index (χ1) is 13.2. The Labute approximate surface area is 165 Å². The molecule has 1 aliphatic rings. The van der Waals surface area contributed by atoms with Crippen LogP contribution in [0.25, 0.3) is 11.3 Å². The molecule has 2 aromatic rings. The smallest absolute Gasteiger partial charge is 0.275 e. The Kier molecular flexibility index (Phi) is 5.09. The highest BCUT2D eigenvalue weighted by Crippen LogP contribution is 2.36. The molecule has 0 spiro atoms. The molecule has 7 heteroatoms. The summed E-state index contributed by atoms with van der Waals surface area (Å²) in [6.07, 6.45) is 1.69. The lowest BCUT2D eigenvalue weighted by Crippen LogP contribution is -2.38. The van der Waals surface area contributed by atoms with Crippen LogP contribution in [0.1, 0.15) is 26.3 Å². The van der Waals surface area contributed by atoms with E-state index in [2.05, 4.69) is 26.2 Å². The molecule has 2 atom stereocenters. The average Bonchev–Trinajstić information content (AvgIpc) is 2.86. The van der Waals surface area contributed by atoms with E-state index in [-0.39, 0.29) is 11.2 Å². The monoisotopic (exact) mass is 395 g/mol. The van der Waals surface area contributed by atoms with Crippen molar-refractivity contribution in [2.24, 2.45) is 0 Å². The second-order valence-electron chi connectivity index (χ2n) is 6.96. The zero-order valence-electron chi connectivity index (χ0n) is 16.0. The van der Waals surface area contributed by atoms with E-state index >= 15 is 0 Å². The number of hydrazine groups is 1. The van der Waals surface area contributed by atoms with Crippen molar-refractivity contribution in [2.45, 2.75) is 25.9 Å². The fourth-order valence-corrected chi connectivity index (χ4v) is 3.34. The summed E-state index contributed by atoms with van der Waals surface area (Å²) in [5.41, 5.74) is 5.19. The third-order valence-electron chi connectivity index (χ3n) is 4.90. The van der Waals surface area contributed by atoms with E-state index in [0.29, 0.717) is 22.4 Å². The zero-order valence-corrected chi connectivity index (χ0v) is 17.2. The molecule has 3 rings (SSSR count). The summed E-state index contributed by atoms with van der Waals surface area (Å²) in [5, 5.41) is 0.253. The molecule has 0 radical (unpaired) electrons. The lowest BCUT2D eigenvalue weighted by atomic mass is 9.94. The van der Waals surface area contributed by atoms with Crippen LogP contribution in [0.5, 0.6) is 0 Å². The van der Waals surface area contributed by atoms with E-state index in [0.717, 1.165) is 10.6 Å². The van der Waals surface area contributed by atoms with Crippen molar-refractivity contribution in [3.63, 3.8) is 0 Å². The van der Waals surface area contributed by atoms with Gasteiger partial charge in [0.05, 0.1) is 5.69 Å². The SMILES string of the molecule is C=C[C@@](C)(P)c1c(-c2ccccc2)[nH]c(NN2C(=O)C(C)=C(C)C2=O)cc1=O. The van der Waals surface area contributed by atoms with Crippen molar-refractivity contribution in [3.8, 4) is 11.3 Å². The van der Waals surface area contributed by atoms with E-state index < -0.39 is 17.0 Å². The maximum Gasteiger partial charge on any atom is 0.275 e. The van der Waals surface area contributed by atoms with Crippen LogP contribution in [0.15, 0.2) is 65.0 Å². The quantitative estimate of drug-likeness (QED) is 0.462. The number of nitrogens with zero attached hydrogens (tertiary/aromatic N) is 1. The molecule has 0 fully saturated rings. The molecule has 2 heterocycles. The molecule has 6 nitrogen and oxygen atoms in total. The van der Waals surface area contributed by atoms with Crippen LogP contribution >= 0.6 is 9.24 Å². The molecule has 1 aliphatic heterocycles. The standard InChI is InChI=1S/C21H22N3O3P/c1-5-21(4,28)17-15(25)11-16(22-18(17)14-9-7-6-8-10-14)23-24-19(26)12(2)13(3)20(24)27/h5-11H,1,28H2,2-4H3,(H2,22,23,25)/t21-/m1/s1. The van der Waals surface area contributed by atoms with Crippen LogP contribution in [0.4, 0.5) is 5.82 Å². The molecule has 1 aromatic carbocycles. The van der Waals surface area contributed by atoms with Crippen LogP contribution in [0.3, 0.4) is 0 Å². The first kappa shape index (κ1) is 19.8. The lowest BCUT2D eigenvalue weighted by molar-refractivity contribution is -0.135. The summed E-state index contributed by atoms with van der Waals surface area (Å²) in [5.74, 6) is -0.618. The second-order valence-corrected chi connectivity index (χ2v) is 8.16. The average molecular weight is 395 g/mol. The fourth-order valence-electron chi connectivity index (χ4n) is 3.05. The fraction of sp³-hybridized carbons (Fsp3) is 0.190. The lowest BCUT2D eigenvalue weighted by Gasteiger charge is -2.25. The highest BCUT2D eigenvalue weighted by molar-refractivity contribution is 7.18. The molecule has 0 saturated heterocycles. The van der Waals surface area contributed by atoms with Gasteiger partial charge in [0.15, 0.2) is 5.43 Å². The minimum atomic E-state index is -0.661. The summed E-state index contributed by atoms with van der Waals surface area (Å²) >= 11 is 0. The molecule has 2 N–H and O–H groups in total. The zero-order chi connectivity index (χ0) is 20.6. The van der Waals surface area contributed by atoms with Crippen LogP contribution < -0.4 is 10.9 Å². The van der Waals surface area contributed by atoms with Crippen molar-refractivity contribution < 1.29 is 9.59 Å². The van der Waals surface area contributed by atoms with Gasteiger partial charge in [0.25, 0.3) is 11.8 Å². The number of carbonyl (C=O) groups is 2. The Bertz CT molecular complexity index is 1040. The molecule has 1 unspecified atom stereocenters. The molecule has 0 aliphatic carbocycles. The number of amides is 2. The van der Waals surface area contributed by atoms with Crippen LogP contribution in [-0.4, -0.2) is 21.8 Å². The van der Waals surface area contributed by atoms with Gasteiger partial charge in [0.1, 0.15) is 5.82 Å². The summed E-state index contributed by atoms with van der Waals surface area (Å²) in [6, 6.07) is 10.7. The normalized spacial score (nSPS) is 16.4. The molecular formula is C21H22N3O3P. The van der Waals surface area contributed by atoms with Crippen LogP contribution in [0, 0.1) is 0 Å². The Balaban J connectivity index is 2.12. The molecule has 0 saturated carbocycles. The number of carbonyl (C=O) groups excluding carboxylic acids is 2. The van der Waals surface area contributed by atoms with Crippen molar-refractivity contribution in [2.75, 3.05) is 5.43 Å². The van der Waals surface area contributed by atoms with Gasteiger partial charge in [0, 0.05) is 27.9 Å². The van der Waals surface area contributed by atoms with E-state index in [1.54, 1.807) is 19.9 Å².